The van der Waals surface area contributed by atoms with Crippen molar-refractivity contribution >= 4 is 17.0 Å². The SMILES string of the molecule is COC(=O)c1cc(-c2ccc(F)cc2)nc2c1c(C)nn2-c1ccccc1. The molecule has 5 nitrogen and oxygen atoms in total. The molecule has 0 spiro atoms. The fraction of sp³-hybridized carbons (Fsp3) is 0.0952. The molecule has 2 aromatic heterocycles. The number of benzene rings is 2. The van der Waals surface area contributed by atoms with Gasteiger partial charge >= 0.3 is 5.97 Å². The Balaban J connectivity index is 2.04. The number of esters is 1. The second-order valence-corrected chi connectivity index (χ2v) is 6.08. The van der Waals surface area contributed by atoms with E-state index >= 15 is 0 Å². The Bertz CT molecular complexity index is 1140. The van der Waals surface area contributed by atoms with Crippen molar-refractivity contribution in [2.45, 2.75) is 6.92 Å². The van der Waals surface area contributed by atoms with Crippen LogP contribution in [0.25, 0.3) is 28.0 Å². The first-order valence-electron chi connectivity index (χ1n) is 8.38. The first-order chi connectivity index (χ1) is 13.1. The summed E-state index contributed by atoms with van der Waals surface area (Å²) in [6, 6.07) is 17.2. The second kappa shape index (κ2) is 6.64. The fourth-order valence-electron chi connectivity index (χ4n) is 3.08. The highest BCUT2D eigenvalue weighted by Gasteiger charge is 2.21. The standard InChI is InChI=1S/C21H16FN3O2/c1-13-19-17(21(26)27-2)12-18(14-8-10-15(22)11-9-14)23-20(19)25(24-13)16-6-4-3-5-7-16/h3-12H,1-2H3. The summed E-state index contributed by atoms with van der Waals surface area (Å²) >= 11 is 0. The van der Waals surface area contributed by atoms with Crippen LogP contribution in [0.4, 0.5) is 4.39 Å². The largest absolute Gasteiger partial charge is 0.465 e. The van der Waals surface area contributed by atoms with E-state index in [4.69, 9.17) is 9.72 Å². The van der Waals surface area contributed by atoms with Crippen molar-refractivity contribution in [2.24, 2.45) is 0 Å². The number of pyridine rings is 1. The highest BCUT2D eigenvalue weighted by Crippen LogP contribution is 2.29. The predicted octanol–water partition coefficient (Wildman–Crippen LogP) is 4.32. The fourth-order valence-corrected chi connectivity index (χ4v) is 3.08. The molecule has 0 bridgehead atoms. The molecule has 2 aromatic carbocycles. The maximum atomic E-state index is 13.3. The Kier molecular flexibility index (Phi) is 4.16. The molecule has 4 aromatic rings. The van der Waals surface area contributed by atoms with Crippen LogP contribution in [0.1, 0.15) is 16.1 Å². The molecule has 27 heavy (non-hydrogen) atoms. The van der Waals surface area contributed by atoms with Crippen molar-refractivity contribution in [3.05, 3.63) is 77.7 Å². The van der Waals surface area contributed by atoms with E-state index in [1.807, 2.05) is 37.3 Å². The van der Waals surface area contributed by atoms with Crippen LogP contribution in [0.3, 0.4) is 0 Å². The number of hydrogen-bond donors (Lipinski definition) is 0. The van der Waals surface area contributed by atoms with Crippen molar-refractivity contribution in [2.75, 3.05) is 7.11 Å². The first-order valence-corrected chi connectivity index (χ1v) is 8.38. The van der Waals surface area contributed by atoms with Crippen LogP contribution in [0.5, 0.6) is 0 Å². The number of halogens is 1. The van der Waals surface area contributed by atoms with Crippen molar-refractivity contribution in [3.63, 3.8) is 0 Å². The highest BCUT2D eigenvalue weighted by atomic mass is 19.1. The Morgan fingerprint density at radius 2 is 1.78 bits per heavy atom. The number of carbonyl (C=O) groups is 1. The molecule has 0 aliphatic rings. The maximum absolute atomic E-state index is 13.3. The van der Waals surface area contributed by atoms with Crippen molar-refractivity contribution in [3.8, 4) is 16.9 Å². The average Bonchev–Trinajstić information content (AvgIpc) is 3.04. The van der Waals surface area contributed by atoms with Gasteiger partial charge in [-0.2, -0.15) is 5.10 Å². The van der Waals surface area contributed by atoms with Crippen LogP contribution >= 0.6 is 0 Å². The predicted molar refractivity (Wildman–Crippen MR) is 100 cm³/mol. The molecule has 0 amide bonds. The third-order valence-electron chi connectivity index (χ3n) is 4.36. The summed E-state index contributed by atoms with van der Waals surface area (Å²) in [4.78, 5) is 17.1. The molecule has 0 aliphatic heterocycles. The zero-order chi connectivity index (χ0) is 19.0. The third-order valence-corrected chi connectivity index (χ3v) is 4.36. The number of nitrogens with zero attached hydrogens (tertiary/aromatic N) is 3. The minimum absolute atomic E-state index is 0.335. The van der Waals surface area contributed by atoms with Gasteiger partial charge in [0.1, 0.15) is 5.82 Å². The van der Waals surface area contributed by atoms with Crippen molar-refractivity contribution in [1.82, 2.24) is 14.8 Å². The van der Waals surface area contributed by atoms with Gasteiger partial charge in [0, 0.05) is 5.56 Å². The lowest BCUT2D eigenvalue weighted by molar-refractivity contribution is 0.0603. The van der Waals surface area contributed by atoms with Gasteiger partial charge in [-0.05, 0) is 49.4 Å². The lowest BCUT2D eigenvalue weighted by Gasteiger charge is -2.08. The van der Waals surface area contributed by atoms with Crippen LogP contribution < -0.4 is 0 Å². The summed E-state index contributed by atoms with van der Waals surface area (Å²) in [5.41, 5.74) is 3.66. The monoisotopic (exact) mass is 361 g/mol. The van der Waals surface area contributed by atoms with E-state index in [9.17, 15) is 9.18 Å². The zero-order valence-corrected chi connectivity index (χ0v) is 14.8. The molecule has 0 unspecified atom stereocenters. The van der Waals surface area contributed by atoms with Crippen LogP contribution in [0.15, 0.2) is 60.7 Å². The smallest absolute Gasteiger partial charge is 0.338 e. The van der Waals surface area contributed by atoms with Crippen molar-refractivity contribution in [1.29, 1.82) is 0 Å². The zero-order valence-electron chi connectivity index (χ0n) is 14.8. The van der Waals surface area contributed by atoms with E-state index in [0.717, 1.165) is 5.69 Å². The number of para-hydroxylation sites is 1. The van der Waals surface area contributed by atoms with Crippen molar-refractivity contribution < 1.29 is 13.9 Å². The van der Waals surface area contributed by atoms with Gasteiger partial charge in [-0.1, -0.05) is 18.2 Å². The summed E-state index contributed by atoms with van der Waals surface area (Å²) in [6.45, 7) is 1.83. The molecular formula is C21H16FN3O2. The Hall–Kier alpha value is -3.54. The summed E-state index contributed by atoms with van der Waals surface area (Å²) in [5, 5.41) is 5.21. The molecule has 4 rings (SSSR count). The van der Waals surface area contributed by atoms with Gasteiger partial charge in [-0.25, -0.2) is 18.9 Å². The van der Waals surface area contributed by atoms with Crippen LogP contribution in [-0.4, -0.2) is 27.8 Å². The third kappa shape index (κ3) is 2.95. The van der Waals surface area contributed by atoms with Gasteiger partial charge in [0.2, 0.25) is 0 Å². The number of ether oxygens (including phenoxy) is 1. The van der Waals surface area contributed by atoms with E-state index in [1.165, 1.54) is 19.2 Å². The summed E-state index contributed by atoms with van der Waals surface area (Å²) in [7, 11) is 1.34. The molecule has 0 saturated carbocycles. The quantitative estimate of drug-likeness (QED) is 0.510. The number of hydrogen-bond acceptors (Lipinski definition) is 4. The number of fused-ring (bicyclic) bond motifs is 1. The summed E-state index contributed by atoms with van der Waals surface area (Å²) in [6.07, 6.45) is 0. The summed E-state index contributed by atoms with van der Waals surface area (Å²) in [5.74, 6) is -0.806. The minimum Gasteiger partial charge on any atom is -0.465 e. The van der Waals surface area contributed by atoms with Crippen LogP contribution in [0.2, 0.25) is 0 Å². The van der Waals surface area contributed by atoms with E-state index in [1.54, 1.807) is 22.9 Å². The molecule has 0 N–H and O–H groups in total. The molecule has 6 heteroatoms. The Labute approximate surface area is 155 Å². The number of methoxy groups -OCH3 is 1. The van der Waals surface area contributed by atoms with Gasteiger partial charge < -0.3 is 4.74 Å². The van der Waals surface area contributed by atoms with E-state index in [2.05, 4.69) is 5.10 Å². The van der Waals surface area contributed by atoms with Gasteiger partial charge in [0.25, 0.3) is 0 Å². The molecule has 0 saturated heterocycles. The molecule has 0 fully saturated rings. The molecule has 2 heterocycles. The lowest BCUT2D eigenvalue weighted by Crippen LogP contribution is -2.05. The number of carbonyl (C=O) groups excluding carboxylic acids is 1. The Morgan fingerprint density at radius 3 is 2.44 bits per heavy atom. The molecule has 0 aliphatic carbocycles. The van der Waals surface area contributed by atoms with Crippen LogP contribution in [0, 0.1) is 12.7 Å². The van der Waals surface area contributed by atoms with Gasteiger partial charge in [0.15, 0.2) is 5.65 Å². The highest BCUT2D eigenvalue weighted by molar-refractivity contribution is 6.05. The normalized spacial score (nSPS) is 10.9. The van der Waals surface area contributed by atoms with Gasteiger partial charge in [0.05, 0.1) is 35.1 Å². The lowest BCUT2D eigenvalue weighted by atomic mass is 10.1. The molecular weight excluding hydrogens is 345 g/mol. The van der Waals surface area contributed by atoms with Crippen LogP contribution in [-0.2, 0) is 4.74 Å². The molecule has 0 radical (unpaired) electrons. The minimum atomic E-state index is -0.471. The number of rotatable bonds is 3. The van der Waals surface area contributed by atoms with E-state index in [0.29, 0.717) is 33.5 Å². The average molecular weight is 361 g/mol. The van der Waals surface area contributed by atoms with E-state index < -0.39 is 5.97 Å². The number of aryl methyl sites for hydroxylation is 1. The number of aromatic nitrogens is 3. The summed E-state index contributed by atoms with van der Waals surface area (Å²) < 4.78 is 20.0. The van der Waals surface area contributed by atoms with Gasteiger partial charge in [-0.15, -0.1) is 0 Å². The second-order valence-electron chi connectivity index (χ2n) is 6.08. The molecule has 134 valence electrons. The Morgan fingerprint density at radius 1 is 1.07 bits per heavy atom. The maximum Gasteiger partial charge on any atom is 0.338 e. The van der Waals surface area contributed by atoms with E-state index in [-0.39, 0.29) is 5.82 Å². The first kappa shape index (κ1) is 16.9. The topological polar surface area (TPSA) is 57.0 Å². The van der Waals surface area contributed by atoms with Gasteiger partial charge in [-0.3, -0.25) is 0 Å². The molecule has 0 atom stereocenters.